The van der Waals surface area contributed by atoms with Gasteiger partial charge in [-0.1, -0.05) is 0 Å². The number of carbonyl (C=O) groups is 2. The molecule has 4 nitrogen and oxygen atoms in total. The van der Waals surface area contributed by atoms with E-state index in [4.69, 9.17) is 0 Å². The van der Waals surface area contributed by atoms with Gasteiger partial charge in [0.15, 0.2) is 0 Å². The lowest BCUT2D eigenvalue weighted by Crippen LogP contribution is -2.56. The van der Waals surface area contributed by atoms with Crippen molar-refractivity contribution in [3.8, 4) is 0 Å². The smallest absolute Gasteiger partial charge is 0.457 e. The lowest BCUT2D eigenvalue weighted by atomic mass is 10.1. The number of rotatable bonds is 6. The van der Waals surface area contributed by atoms with Gasteiger partial charge in [0.25, 0.3) is 0 Å². The summed E-state index contributed by atoms with van der Waals surface area (Å²) in [4.78, 5) is 20.9. The number of halogens is 10. The van der Waals surface area contributed by atoms with Crippen LogP contribution in [-0.4, -0.2) is 48.6 Å². The molecule has 0 bridgehead atoms. The Labute approximate surface area is 120 Å². The topological polar surface area (TPSA) is 52.6 Å². The van der Waals surface area contributed by atoms with Gasteiger partial charge in [0.05, 0.1) is 0 Å². The van der Waals surface area contributed by atoms with E-state index in [0.29, 0.717) is 0 Å². The van der Waals surface area contributed by atoms with Crippen molar-refractivity contribution in [2.45, 2.75) is 23.4 Å². The summed E-state index contributed by atoms with van der Waals surface area (Å²) in [5.41, 5.74) is 0. The van der Waals surface area contributed by atoms with Crippen molar-refractivity contribution in [1.29, 1.82) is 0 Å². The predicted octanol–water partition coefficient (Wildman–Crippen LogP) is 2.74. The highest BCUT2D eigenvalue weighted by atomic mass is 35.5. The summed E-state index contributed by atoms with van der Waals surface area (Å²) in [6.45, 7) is -2.82. The van der Waals surface area contributed by atoms with Crippen LogP contribution in [0.4, 0.5) is 39.5 Å². The van der Waals surface area contributed by atoms with Gasteiger partial charge < -0.3 is 9.47 Å². The average Bonchev–Trinajstić information content (AvgIpc) is 2.30. The molecule has 0 fully saturated rings. The van der Waals surface area contributed by atoms with Crippen molar-refractivity contribution in [2.75, 3.05) is 13.2 Å². The van der Waals surface area contributed by atoms with Crippen LogP contribution in [0.3, 0.4) is 0 Å². The fraction of sp³-hybridized carbons (Fsp3) is 0.750. The van der Waals surface area contributed by atoms with Gasteiger partial charge in [0.2, 0.25) is 0 Å². The van der Waals surface area contributed by atoms with Crippen molar-refractivity contribution < 1.29 is 58.6 Å². The molecule has 0 saturated carbocycles. The first-order valence-electron chi connectivity index (χ1n) is 4.78. The Hall–Kier alpha value is -1.40. The van der Waals surface area contributed by atoms with E-state index in [1.165, 1.54) is 0 Å². The molecule has 0 saturated heterocycles. The van der Waals surface area contributed by atoms with Gasteiger partial charge in [-0.25, -0.2) is 9.59 Å². The number of hydrogen-bond donors (Lipinski definition) is 0. The molecule has 0 aromatic rings. The zero-order chi connectivity index (χ0) is 18.0. The second kappa shape index (κ2) is 6.38. The predicted molar refractivity (Wildman–Crippen MR) is 48.7 cm³/mol. The largest absolute Gasteiger partial charge is 0.460 e. The molecule has 0 spiro atoms. The van der Waals surface area contributed by atoms with Crippen LogP contribution < -0.4 is 0 Å². The van der Waals surface area contributed by atoms with Gasteiger partial charge in [-0.05, 0) is 11.6 Å². The van der Waals surface area contributed by atoms with E-state index in [0.717, 1.165) is 0 Å². The molecule has 0 amide bonds. The Bertz CT molecular complexity index is 428. The van der Waals surface area contributed by atoms with E-state index >= 15 is 0 Å². The first kappa shape index (κ1) is 20.6. The van der Waals surface area contributed by atoms with Crippen molar-refractivity contribution in [3.63, 3.8) is 0 Å². The van der Waals surface area contributed by atoms with Crippen LogP contribution in [-0.2, 0) is 19.1 Å². The molecular formula is C8H4ClF9O4. The molecule has 130 valence electrons. The fourth-order valence-corrected chi connectivity index (χ4v) is 0.802. The van der Waals surface area contributed by atoms with Crippen LogP contribution in [0.15, 0.2) is 0 Å². The van der Waals surface area contributed by atoms with E-state index < -0.39 is 48.6 Å². The number of hydrogen-bond acceptors (Lipinski definition) is 4. The second-order valence-electron chi connectivity index (χ2n) is 3.42. The summed E-state index contributed by atoms with van der Waals surface area (Å²) in [5.74, 6) is -18.7. The fourth-order valence-electron chi connectivity index (χ4n) is 0.747. The third-order valence-corrected chi connectivity index (χ3v) is 1.94. The lowest BCUT2D eigenvalue weighted by molar-refractivity contribution is -0.348. The minimum Gasteiger partial charge on any atom is -0.457 e. The van der Waals surface area contributed by atoms with Crippen molar-refractivity contribution in [2.24, 2.45) is 0 Å². The Morgan fingerprint density at radius 2 is 1.14 bits per heavy atom. The molecule has 0 aliphatic carbocycles. The van der Waals surface area contributed by atoms with E-state index in [1.54, 1.807) is 0 Å². The van der Waals surface area contributed by atoms with Crippen LogP contribution >= 0.6 is 11.6 Å². The Balaban J connectivity index is 4.59. The Morgan fingerprint density at radius 1 is 0.773 bits per heavy atom. The van der Waals surface area contributed by atoms with E-state index in [1.807, 2.05) is 0 Å². The quantitative estimate of drug-likeness (QED) is 0.312. The van der Waals surface area contributed by atoms with Crippen LogP contribution in [0, 0.1) is 0 Å². The monoisotopic (exact) mass is 370 g/mol. The molecule has 0 heterocycles. The molecule has 0 radical (unpaired) electrons. The minimum absolute atomic E-state index is 1.33. The molecule has 0 rings (SSSR count). The molecule has 22 heavy (non-hydrogen) atoms. The summed E-state index contributed by atoms with van der Waals surface area (Å²) < 4.78 is 116. The maximum atomic E-state index is 12.7. The number of alkyl halides is 10. The maximum Gasteiger partial charge on any atom is 0.460 e. The highest BCUT2D eigenvalue weighted by Crippen LogP contribution is 2.46. The number of esters is 2. The minimum atomic E-state index is -6.75. The maximum absolute atomic E-state index is 12.7. The van der Waals surface area contributed by atoms with Crippen molar-refractivity contribution in [1.82, 2.24) is 0 Å². The SMILES string of the molecule is O=C(OCCOC(=O)C(F)(F)C(F)(F)C(F)(F)F)C(F)(F)Cl. The van der Waals surface area contributed by atoms with Crippen LogP contribution in [0.25, 0.3) is 0 Å². The summed E-state index contributed by atoms with van der Waals surface area (Å²) in [6, 6.07) is 0. The van der Waals surface area contributed by atoms with Crippen LogP contribution in [0.2, 0.25) is 0 Å². The first-order valence-corrected chi connectivity index (χ1v) is 5.16. The molecule has 0 aromatic heterocycles. The summed E-state index contributed by atoms with van der Waals surface area (Å²) in [7, 11) is 0. The summed E-state index contributed by atoms with van der Waals surface area (Å²) >= 11 is 4.15. The van der Waals surface area contributed by atoms with Gasteiger partial charge >= 0.3 is 35.3 Å². The van der Waals surface area contributed by atoms with Gasteiger partial charge in [0, 0.05) is 0 Å². The van der Waals surface area contributed by atoms with Gasteiger partial charge in [-0.15, -0.1) is 0 Å². The zero-order valence-corrected chi connectivity index (χ0v) is 10.6. The molecule has 14 heteroatoms. The van der Waals surface area contributed by atoms with Gasteiger partial charge in [0.1, 0.15) is 13.2 Å². The van der Waals surface area contributed by atoms with Gasteiger partial charge in [-0.3, -0.25) is 0 Å². The van der Waals surface area contributed by atoms with Crippen molar-refractivity contribution in [3.05, 3.63) is 0 Å². The zero-order valence-electron chi connectivity index (χ0n) is 9.83. The Kier molecular flexibility index (Phi) is 5.97. The lowest BCUT2D eigenvalue weighted by Gasteiger charge is -2.26. The summed E-state index contributed by atoms with van der Waals surface area (Å²) in [5, 5.41) is -4.49. The number of carbonyl (C=O) groups excluding carboxylic acids is 2. The average molecular weight is 371 g/mol. The van der Waals surface area contributed by atoms with E-state index in [-0.39, 0.29) is 0 Å². The standard InChI is InChI=1S/C8H4ClF9O4/c9-6(12,13)4(20)22-2-1-21-3(19)5(10,11)7(14,15)8(16,17)18/h1-2H2. The molecule has 0 aliphatic heterocycles. The van der Waals surface area contributed by atoms with E-state index in [9.17, 15) is 49.1 Å². The molecule has 0 aromatic carbocycles. The highest BCUT2D eigenvalue weighted by Gasteiger charge is 2.77. The second-order valence-corrected chi connectivity index (χ2v) is 3.89. The number of ether oxygens (including phenoxy) is 2. The third-order valence-electron chi connectivity index (χ3n) is 1.79. The molecule has 0 unspecified atom stereocenters. The van der Waals surface area contributed by atoms with Crippen LogP contribution in [0.1, 0.15) is 0 Å². The first-order chi connectivity index (χ1) is 9.55. The summed E-state index contributed by atoms with van der Waals surface area (Å²) in [6.07, 6.45) is -6.75. The molecular weight excluding hydrogens is 367 g/mol. The molecule has 0 aliphatic rings. The van der Waals surface area contributed by atoms with Gasteiger partial charge in [-0.2, -0.15) is 39.5 Å². The van der Waals surface area contributed by atoms with E-state index in [2.05, 4.69) is 21.1 Å². The normalized spacial score (nSPS) is 13.7. The van der Waals surface area contributed by atoms with Crippen LogP contribution in [0.5, 0.6) is 0 Å². The molecule has 0 N–H and O–H groups in total. The highest BCUT2D eigenvalue weighted by molar-refractivity contribution is 6.31. The Morgan fingerprint density at radius 3 is 1.45 bits per heavy atom. The third kappa shape index (κ3) is 4.55. The van der Waals surface area contributed by atoms with Crippen molar-refractivity contribution >= 4 is 23.5 Å². The molecule has 0 atom stereocenters.